The van der Waals surface area contributed by atoms with Crippen LogP contribution in [0.4, 0.5) is 0 Å². The Labute approximate surface area is 110 Å². The van der Waals surface area contributed by atoms with Crippen LogP contribution in [0.25, 0.3) is 0 Å². The molecule has 0 spiro atoms. The van der Waals surface area contributed by atoms with Crippen LogP contribution in [0, 0.1) is 5.92 Å². The molecule has 0 bridgehead atoms. The van der Waals surface area contributed by atoms with Crippen molar-refractivity contribution in [1.29, 1.82) is 0 Å². The summed E-state index contributed by atoms with van der Waals surface area (Å²) >= 11 is 11.6. The number of benzene rings is 1. The molecular formula is C12H13Cl2NO2. The maximum atomic E-state index is 11.5. The summed E-state index contributed by atoms with van der Waals surface area (Å²) in [4.78, 5) is 11.5. The van der Waals surface area contributed by atoms with E-state index in [9.17, 15) is 4.79 Å². The molecule has 17 heavy (non-hydrogen) atoms. The quantitative estimate of drug-likeness (QED) is 0.661. The lowest BCUT2D eigenvalue weighted by molar-refractivity contribution is -0.122. The standard InChI is InChI=1S/C12H13Cl2NO2/c13-12(14)8-10(12)11(16)15-6-7-17-9-4-2-1-3-5-9/h1-5,10H,6-8H2,(H,15,16). The van der Waals surface area contributed by atoms with Gasteiger partial charge in [0.25, 0.3) is 0 Å². The molecule has 1 aromatic rings. The highest BCUT2D eigenvalue weighted by atomic mass is 35.5. The lowest BCUT2D eigenvalue weighted by Gasteiger charge is -2.07. The van der Waals surface area contributed by atoms with Crippen molar-refractivity contribution in [3.63, 3.8) is 0 Å². The molecule has 92 valence electrons. The number of nitrogens with one attached hydrogen (secondary N) is 1. The highest BCUT2D eigenvalue weighted by molar-refractivity contribution is 6.52. The summed E-state index contributed by atoms with van der Waals surface area (Å²) in [6.45, 7) is 0.883. The number of carbonyl (C=O) groups excluding carboxylic acids is 1. The van der Waals surface area contributed by atoms with E-state index in [0.717, 1.165) is 5.75 Å². The Bertz CT molecular complexity index is 395. The Morgan fingerprint density at radius 1 is 1.41 bits per heavy atom. The third-order valence-corrected chi connectivity index (χ3v) is 3.39. The summed E-state index contributed by atoms with van der Waals surface area (Å²) in [5.74, 6) is 0.409. The van der Waals surface area contributed by atoms with Gasteiger partial charge < -0.3 is 10.1 Å². The number of hydrogen-bond donors (Lipinski definition) is 1. The van der Waals surface area contributed by atoms with Crippen LogP contribution in [0.5, 0.6) is 5.75 Å². The second-order valence-electron chi connectivity index (χ2n) is 3.97. The smallest absolute Gasteiger partial charge is 0.226 e. The van der Waals surface area contributed by atoms with Gasteiger partial charge in [0.05, 0.1) is 12.5 Å². The minimum atomic E-state index is -0.857. The van der Waals surface area contributed by atoms with Gasteiger partial charge in [-0.2, -0.15) is 0 Å². The molecule has 2 rings (SSSR count). The van der Waals surface area contributed by atoms with Gasteiger partial charge in [-0.05, 0) is 18.6 Å². The lowest BCUT2D eigenvalue weighted by Crippen LogP contribution is -2.30. The Morgan fingerprint density at radius 2 is 2.06 bits per heavy atom. The van der Waals surface area contributed by atoms with Crippen LogP contribution in [0.1, 0.15) is 6.42 Å². The first-order chi connectivity index (χ1) is 8.09. The van der Waals surface area contributed by atoms with Crippen LogP contribution in [0.3, 0.4) is 0 Å². The average Bonchev–Trinajstić information content (AvgIpc) is 2.95. The van der Waals surface area contributed by atoms with E-state index in [1.54, 1.807) is 0 Å². The predicted octanol–water partition coefficient (Wildman–Crippen LogP) is 2.38. The highest BCUT2D eigenvalue weighted by Crippen LogP contribution is 2.53. The van der Waals surface area contributed by atoms with Gasteiger partial charge in [0, 0.05) is 0 Å². The molecular weight excluding hydrogens is 261 g/mol. The number of carbonyl (C=O) groups is 1. The fourth-order valence-electron chi connectivity index (χ4n) is 1.48. The van der Waals surface area contributed by atoms with Crippen molar-refractivity contribution >= 4 is 29.1 Å². The molecule has 0 saturated heterocycles. The van der Waals surface area contributed by atoms with Crippen molar-refractivity contribution in [3.05, 3.63) is 30.3 Å². The third-order valence-electron chi connectivity index (χ3n) is 2.56. The fourth-order valence-corrected chi connectivity index (χ4v) is 1.99. The van der Waals surface area contributed by atoms with Crippen molar-refractivity contribution in [2.75, 3.05) is 13.2 Å². The monoisotopic (exact) mass is 273 g/mol. The van der Waals surface area contributed by atoms with Crippen molar-refractivity contribution in [2.24, 2.45) is 5.92 Å². The van der Waals surface area contributed by atoms with Gasteiger partial charge in [0.2, 0.25) is 5.91 Å². The number of ether oxygens (including phenoxy) is 1. The van der Waals surface area contributed by atoms with Crippen LogP contribution < -0.4 is 10.1 Å². The van der Waals surface area contributed by atoms with Gasteiger partial charge >= 0.3 is 0 Å². The summed E-state index contributed by atoms with van der Waals surface area (Å²) in [7, 11) is 0. The molecule has 1 aliphatic rings. The zero-order chi connectivity index (χ0) is 12.3. The van der Waals surface area contributed by atoms with E-state index in [1.807, 2.05) is 30.3 Å². The molecule has 0 aliphatic heterocycles. The molecule has 1 aliphatic carbocycles. The number of amides is 1. The van der Waals surface area contributed by atoms with Crippen LogP contribution in [-0.2, 0) is 4.79 Å². The van der Waals surface area contributed by atoms with E-state index in [2.05, 4.69) is 5.32 Å². The number of rotatable bonds is 5. The van der Waals surface area contributed by atoms with Crippen LogP contribution >= 0.6 is 23.2 Å². The van der Waals surface area contributed by atoms with Gasteiger partial charge in [-0.3, -0.25) is 4.79 Å². The molecule has 1 amide bonds. The normalized spacial score (nSPS) is 20.7. The second-order valence-corrected chi connectivity index (χ2v) is 5.51. The summed E-state index contributed by atoms with van der Waals surface area (Å²) in [6.07, 6.45) is 0.529. The number of alkyl halides is 2. The van der Waals surface area contributed by atoms with E-state index in [-0.39, 0.29) is 11.8 Å². The Kier molecular flexibility index (Phi) is 3.79. The molecule has 0 radical (unpaired) electrons. The van der Waals surface area contributed by atoms with Crippen molar-refractivity contribution in [1.82, 2.24) is 5.32 Å². The molecule has 3 nitrogen and oxygen atoms in total. The maximum Gasteiger partial charge on any atom is 0.226 e. The third kappa shape index (κ3) is 3.51. The number of halogens is 2. The molecule has 1 aromatic carbocycles. The van der Waals surface area contributed by atoms with Crippen LogP contribution in [-0.4, -0.2) is 23.4 Å². The summed E-state index contributed by atoms with van der Waals surface area (Å²) < 4.78 is 4.57. The Balaban J connectivity index is 1.63. The minimum absolute atomic E-state index is 0.105. The molecule has 0 aromatic heterocycles. The molecule has 1 atom stereocenters. The van der Waals surface area contributed by atoms with E-state index < -0.39 is 4.33 Å². The first kappa shape index (κ1) is 12.5. The number of para-hydroxylation sites is 1. The minimum Gasteiger partial charge on any atom is -0.492 e. The van der Waals surface area contributed by atoms with Gasteiger partial charge in [-0.15, -0.1) is 23.2 Å². The Morgan fingerprint density at radius 3 is 2.65 bits per heavy atom. The van der Waals surface area contributed by atoms with Crippen LogP contribution in [0.15, 0.2) is 30.3 Å². The zero-order valence-electron chi connectivity index (χ0n) is 9.16. The van der Waals surface area contributed by atoms with Gasteiger partial charge in [0.15, 0.2) is 0 Å². The summed E-state index contributed by atoms with van der Waals surface area (Å²) in [5, 5.41) is 2.74. The maximum absolute atomic E-state index is 11.5. The van der Waals surface area contributed by atoms with E-state index in [4.69, 9.17) is 27.9 Å². The predicted molar refractivity (Wildman–Crippen MR) is 67.5 cm³/mol. The molecule has 1 fully saturated rings. The SMILES string of the molecule is O=C(NCCOc1ccccc1)C1CC1(Cl)Cl. The van der Waals surface area contributed by atoms with E-state index in [0.29, 0.717) is 19.6 Å². The van der Waals surface area contributed by atoms with Crippen molar-refractivity contribution < 1.29 is 9.53 Å². The first-order valence-corrected chi connectivity index (χ1v) is 6.18. The average molecular weight is 274 g/mol. The molecule has 1 N–H and O–H groups in total. The van der Waals surface area contributed by atoms with Crippen molar-refractivity contribution in [2.45, 2.75) is 10.8 Å². The molecule has 0 heterocycles. The highest BCUT2D eigenvalue weighted by Gasteiger charge is 2.56. The topological polar surface area (TPSA) is 38.3 Å². The molecule has 5 heteroatoms. The first-order valence-electron chi connectivity index (χ1n) is 5.43. The molecule has 1 saturated carbocycles. The van der Waals surface area contributed by atoms with Gasteiger partial charge in [0.1, 0.15) is 16.7 Å². The largest absolute Gasteiger partial charge is 0.492 e. The zero-order valence-corrected chi connectivity index (χ0v) is 10.7. The fraction of sp³-hybridized carbons (Fsp3) is 0.417. The van der Waals surface area contributed by atoms with Crippen LogP contribution in [0.2, 0.25) is 0 Å². The lowest BCUT2D eigenvalue weighted by atomic mass is 10.3. The summed E-state index contributed by atoms with van der Waals surface area (Å²) in [6, 6.07) is 9.44. The number of hydrogen-bond acceptors (Lipinski definition) is 2. The van der Waals surface area contributed by atoms with E-state index in [1.165, 1.54) is 0 Å². The second kappa shape index (κ2) is 5.15. The van der Waals surface area contributed by atoms with Gasteiger partial charge in [-0.1, -0.05) is 18.2 Å². The molecule has 1 unspecified atom stereocenters. The van der Waals surface area contributed by atoms with E-state index >= 15 is 0 Å². The van der Waals surface area contributed by atoms with Crippen molar-refractivity contribution in [3.8, 4) is 5.75 Å². The van der Waals surface area contributed by atoms with Gasteiger partial charge in [-0.25, -0.2) is 0 Å². The Hall–Kier alpha value is -0.930. The summed E-state index contributed by atoms with van der Waals surface area (Å²) in [5.41, 5.74) is 0.